The molecule has 1 amide bonds. The highest BCUT2D eigenvalue weighted by Crippen LogP contribution is 2.12. The van der Waals surface area contributed by atoms with Crippen LogP contribution in [0.4, 0.5) is 0 Å². The van der Waals surface area contributed by atoms with Crippen LogP contribution < -0.4 is 10.0 Å². The lowest BCUT2D eigenvalue weighted by Gasteiger charge is -2.18. The van der Waals surface area contributed by atoms with Crippen LogP contribution in [0, 0.1) is 0 Å². The average Bonchev–Trinajstić information content (AvgIpc) is 2.70. The van der Waals surface area contributed by atoms with Gasteiger partial charge in [-0.25, -0.2) is 13.1 Å². The summed E-state index contributed by atoms with van der Waals surface area (Å²) in [5, 5.41) is 2.87. The summed E-state index contributed by atoms with van der Waals surface area (Å²) < 4.78 is 26.8. The Balaban J connectivity index is 1.94. The smallest absolute Gasteiger partial charge is 0.251 e. The fraction of sp³-hybridized carbons (Fsp3) is 0.409. The van der Waals surface area contributed by atoms with Gasteiger partial charge >= 0.3 is 0 Å². The second kappa shape index (κ2) is 10.5. The monoisotopic (exact) mass is 417 g/mol. The molecular formula is C22H31N3O3S. The molecule has 0 aliphatic rings. The van der Waals surface area contributed by atoms with Crippen molar-refractivity contribution < 1.29 is 13.2 Å². The zero-order valence-electron chi connectivity index (χ0n) is 17.6. The first-order valence-electron chi connectivity index (χ1n) is 9.96. The summed E-state index contributed by atoms with van der Waals surface area (Å²) in [7, 11) is -3.56. The molecule has 29 heavy (non-hydrogen) atoms. The highest BCUT2D eigenvalue weighted by Gasteiger charge is 2.16. The van der Waals surface area contributed by atoms with E-state index in [0.29, 0.717) is 12.1 Å². The Bertz CT molecular complexity index is 888. The zero-order valence-corrected chi connectivity index (χ0v) is 18.4. The second-order valence-electron chi connectivity index (χ2n) is 7.26. The van der Waals surface area contributed by atoms with E-state index in [1.54, 1.807) is 13.8 Å². The quantitative estimate of drug-likeness (QED) is 0.622. The van der Waals surface area contributed by atoms with Gasteiger partial charge in [0, 0.05) is 24.7 Å². The first-order chi connectivity index (χ1) is 13.7. The van der Waals surface area contributed by atoms with Crippen molar-refractivity contribution in [3.8, 4) is 0 Å². The molecule has 0 bridgehead atoms. The van der Waals surface area contributed by atoms with Crippen LogP contribution in [-0.4, -0.2) is 38.4 Å². The standard InChI is InChI=1S/C22H31N3O3S/c1-5-25(6-2)16-19-9-7-18(8-10-19)15-23-22(26)20-11-13-21(14-12-20)29(27,28)24-17(3)4/h7-14,17,24H,5-6,15-16H2,1-4H3,(H,23,26). The topological polar surface area (TPSA) is 78.5 Å². The van der Waals surface area contributed by atoms with Gasteiger partial charge in [-0.1, -0.05) is 38.1 Å². The minimum atomic E-state index is -3.56. The molecule has 7 heteroatoms. The summed E-state index contributed by atoms with van der Waals surface area (Å²) in [5.74, 6) is -0.238. The van der Waals surface area contributed by atoms with E-state index >= 15 is 0 Å². The number of benzene rings is 2. The predicted molar refractivity (Wildman–Crippen MR) is 116 cm³/mol. The van der Waals surface area contributed by atoms with Crippen LogP contribution in [0.25, 0.3) is 0 Å². The van der Waals surface area contributed by atoms with Gasteiger partial charge < -0.3 is 5.32 Å². The SMILES string of the molecule is CCN(CC)Cc1ccc(CNC(=O)c2ccc(S(=O)(=O)NC(C)C)cc2)cc1. The molecule has 0 aliphatic carbocycles. The molecule has 0 aliphatic heterocycles. The molecule has 0 fully saturated rings. The molecule has 2 aromatic rings. The first kappa shape index (κ1) is 23.1. The highest BCUT2D eigenvalue weighted by atomic mass is 32.2. The van der Waals surface area contributed by atoms with Crippen molar-refractivity contribution in [2.24, 2.45) is 0 Å². The maximum absolute atomic E-state index is 12.4. The Morgan fingerprint density at radius 3 is 2.00 bits per heavy atom. The fourth-order valence-electron chi connectivity index (χ4n) is 2.92. The van der Waals surface area contributed by atoms with Crippen LogP contribution in [0.2, 0.25) is 0 Å². The Morgan fingerprint density at radius 1 is 0.931 bits per heavy atom. The molecule has 2 aromatic carbocycles. The van der Waals surface area contributed by atoms with Crippen LogP contribution in [0.5, 0.6) is 0 Å². The van der Waals surface area contributed by atoms with Crippen molar-refractivity contribution in [3.63, 3.8) is 0 Å². The lowest BCUT2D eigenvalue weighted by atomic mass is 10.1. The summed E-state index contributed by atoms with van der Waals surface area (Å²) in [5.41, 5.74) is 2.68. The normalized spacial score (nSPS) is 11.8. The van der Waals surface area contributed by atoms with Crippen molar-refractivity contribution in [1.29, 1.82) is 0 Å². The van der Waals surface area contributed by atoms with Crippen LogP contribution in [0.3, 0.4) is 0 Å². The van der Waals surface area contributed by atoms with Crippen molar-refractivity contribution in [2.75, 3.05) is 13.1 Å². The zero-order chi connectivity index (χ0) is 21.4. The van der Waals surface area contributed by atoms with E-state index < -0.39 is 10.0 Å². The van der Waals surface area contributed by atoms with Crippen molar-refractivity contribution in [3.05, 3.63) is 65.2 Å². The van der Waals surface area contributed by atoms with Crippen molar-refractivity contribution in [1.82, 2.24) is 14.9 Å². The Labute approximate surface area is 174 Å². The van der Waals surface area contributed by atoms with E-state index in [9.17, 15) is 13.2 Å². The van der Waals surface area contributed by atoms with Gasteiger partial charge in [-0.05, 0) is 62.3 Å². The lowest BCUT2D eigenvalue weighted by Crippen LogP contribution is -2.30. The number of amides is 1. The minimum Gasteiger partial charge on any atom is -0.348 e. The van der Waals surface area contributed by atoms with Crippen LogP contribution >= 0.6 is 0 Å². The maximum Gasteiger partial charge on any atom is 0.251 e. The fourth-order valence-corrected chi connectivity index (χ4v) is 4.17. The molecule has 0 heterocycles. The molecular weight excluding hydrogens is 386 g/mol. The number of carbonyl (C=O) groups excluding carboxylic acids is 1. The molecule has 0 saturated carbocycles. The van der Waals surface area contributed by atoms with Gasteiger partial charge in [0.05, 0.1) is 4.90 Å². The van der Waals surface area contributed by atoms with Crippen molar-refractivity contribution in [2.45, 2.75) is 51.7 Å². The third kappa shape index (κ3) is 6.96. The van der Waals surface area contributed by atoms with Gasteiger partial charge in [-0.3, -0.25) is 9.69 Å². The maximum atomic E-state index is 12.4. The molecule has 6 nitrogen and oxygen atoms in total. The van der Waals surface area contributed by atoms with E-state index in [1.807, 2.05) is 12.1 Å². The third-order valence-electron chi connectivity index (χ3n) is 4.59. The summed E-state index contributed by atoms with van der Waals surface area (Å²) in [4.78, 5) is 14.9. The number of hydrogen-bond acceptors (Lipinski definition) is 4. The minimum absolute atomic E-state index is 0.145. The Kier molecular flexibility index (Phi) is 8.37. The van der Waals surface area contributed by atoms with E-state index in [1.165, 1.54) is 29.8 Å². The number of nitrogens with one attached hydrogen (secondary N) is 2. The number of nitrogens with zero attached hydrogens (tertiary/aromatic N) is 1. The molecule has 0 saturated heterocycles. The highest BCUT2D eigenvalue weighted by molar-refractivity contribution is 7.89. The van der Waals surface area contributed by atoms with E-state index in [0.717, 1.165) is 25.2 Å². The van der Waals surface area contributed by atoms with Gasteiger partial charge in [-0.15, -0.1) is 0 Å². The van der Waals surface area contributed by atoms with Crippen molar-refractivity contribution >= 4 is 15.9 Å². The molecule has 0 unspecified atom stereocenters. The van der Waals surface area contributed by atoms with E-state index in [-0.39, 0.29) is 16.8 Å². The molecule has 0 spiro atoms. The summed E-state index contributed by atoms with van der Waals surface area (Å²) >= 11 is 0. The number of carbonyl (C=O) groups is 1. The van der Waals surface area contributed by atoms with Gasteiger partial charge in [0.1, 0.15) is 0 Å². The second-order valence-corrected chi connectivity index (χ2v) is 8.97. The Hall–Kier alpha value is -2.22. The van der Waals surface area contributed by atoms with E-state index in [4.69, 9.17) is 0 Å². The van der Waals surface area contributed by atoms with Crippen LogP contribution in [0.15, 0.2) is 53.4 Å². The molecule has 2 rings (SSSR count). The summed E-state index contributed by atoms with van der Waals surface area (Å²) in [6.07, 6.45) is 0. The van der Waals surface area contributed by atoms with Gasteiger partial charge in [-0.2, -0.15) is 0 Å². The first-order valence-corrected chi connectivity index (χ1v) is 11.4. The number of sulfonamides is 1. The summed E-state index contributed by atoms with van der Waals surface area (Å²) in [6.45, 7) is 11.2. The third-order valence-corrected chi connectivity index (χ3v) is 6.27. The molecule has 2 N–H and O–H groups in total. The molecule has 0 radical (unpaired) electrons. The van der Waals surface area contributed by atoms with Gasteiger partial charge in [0.15, 0.2) is 0 Å². The Morgan fingerprint density at radius 2 is 1.48 bits per heavy atom. The number of rotatable bonds is 10. The molecule has 158 valence electrons. The molecule has 0 aromatic heterocycles. The average molecular weight is 418 g/mol. The van der Waals surface area contributed by atoms with Gasteiger partial charge in [0.25, 0.3) is 5.91 Å². The predicted octanol–water partition coefficient (Wildman–Crippen LogP) is 3.15. The number of hydrogen-bond donors (Lipinski definition) is 2. The summed E-state index contributed by atoms with van der Waals surface area (Å²) in [6, 6.07) is 14.0. The lowest BCUT2D eigenvalue weighted by molar-refractivity contribution is 0.0951. The largest absolute Gasteiger partial charge is 0.348 e. The molecule has 0 atom stereocenters. The van der Waals surface area contributed by atoms with Crippen LogP contribution in [-0.2, 0) is 23.1 Å². The van der Waals surface area contributed by atoms with E-state index in [2.05, 4.69) is 40.9 Å². The van der Waals surface area contributed by atoms with Gasteiger partial charge in [0.2, 0.25) is 10.0 Å². The van der Waals surface area contributed by atoms with Crippen LogP contribution in [0.1, 0.15) is 49.2 Å².